The summed E-state index contributed by atoms with van der Waals surface area (Å²) in [7, 11) is 0. The molecule has 1 aromatic carbocycles. The van der Waals surface area contributed by atoms with E-state index in [9.17, 15) is 9.18 Å². The lowest BCUT2D eigenvalue weighted by atomic mass is 10.2. The van der Waals surface area contributed by atoms with Crippen LogP contribution >= 0.6 is 11.6 Å². The number of amides is 1. The number of carbonyl (C=O) groups is 1. The van der Waals surface area contributed by atoms with Gasteiger partial charge in [-0.25, -0.2) is 4.39 Å². The van der Waals surface area contributed by atoms with Gasteiger partial charge in [0.2, 0.25) is 0 Å². The Balaban J connectivity index is 2.35. The third-order valence-electron chi connectivity index (χ3n) is 2.56. The van der Waals surface area contributed by atoms with Crippen LogP contribution in [-0.4, -0.2) is 22.6 Å². The third kappa shape index (κ3) is 2.88. The lowest BCUT2D eigenvalue weighted by Crippen LogP contribution is -2.32. The van der Waals surface area contributed by atoms with Crippen LogP contribution in [0, 0.1) is 5.82 Å². The molecule has 6 heteroatoms. The minimum absolute atomic E-state index is 0.120. The van der Waals surface area contributed by atoms with Crippen molar-refractivity contribution in [2.45, 2.75) is 6.92 Å². The molecule has 0 N–H and O–H groups in total. The maximum absolute atomic E-state index is 13.7. The molecule has 1 aromatic heterocycles. The van der Waals surface area contributed by atoms with E-state index in [0.29, 0.717) is 6.54 Å². The summed E-state index contributed by atoms with van der Waals surface area (Å²) in [5, 5.41) is 7.51. The van der Waals surface area contributed by atoms with Crippen molar-refractivity contribution < 1.29 is 9.18 Å². The molecule has 1 heterocycles. The predicted octanol–water partition coefficient (Wildman–Crippen LogP) is 2.94. The Morgan fingerprint density at radius 3 is 2.58 bits per heavy atom. The molecular weight excluding hydrogens is 269 g/mol. The standard InChI is InChI=1S/C13H11ClFN3O/c1-2-18(11-6-4-3-5-9(11)15)13(19)10-7-8-12(14)17-16-10/h3-8H,2H2,1H3. The van der Waals surface area contributed by atoms with E-state index in [-0.39, 0.29) is 16.5 Å². The maximum Gasteiger partial charge on any atom is 0.278 e. The SMILES string of the molecule is CCN(C(=O)c1ccc(Cl)nn1)c1ccccc1F. The molecule has 0 aliphatic heterocycles. The smallest absolute Gasteiger partial charge is 0.278 e. The second-order valence-electron chi connectivity index (χ2n) is 3.74. The van der Waals surface area contributed by atoms with E-state index < -0.39 is 11.7 Å². The minimum atomic E-state index is -0.459. The number of halogens is 2. The van der Waals surface area contributed by atoms with Gasteiger partial charge in [-0.3, -0.25) is 4.79 Å². The first-order valence-electron chi connectivity index (χ1n) is 5.69. The monoisotopic (exact) mass is 279 g/mol. The van der Waals surface area contributed by atoms with Crippen molar-refractivity contribution in [3.8, 4) is 0 Å². The van der Waals surface area contributed by atoms with Gasteiger partial charge >= 0.3 is 0 Å². The number of anilines is 1. The first-order chi connectivity index (χ1) is 9.13. The first-order valence-corrected chi connectivity index (χ1v) is 6.07. The number of aromatic nitrogens is 2. The number of carbonyl (C=O) groups excluding carboxylic acids is 1. The van der Waals surface area contributed by atoms with Gasteiger partial charge in [0.15, 0.2) is 10.8 Å². The van der Waals surface area contributed by atoms with Gasteiger partial charge < -0.3 is 4.90 Å². The fourth-order valence-electron chi connectivity index (χ4n) is 1.66. The Kier molecular flexibility index (Phi) is 4.06. The Morgan fingerprint density at radius 1 is 1.26 bits per heavy atom. The molecule has 2 rings (SSSR count). The maximum atomic E-state index is 13.7. The van der Waals surface area contributed by atoms with Crippen molar-refractivity contribution in [1.82, 2.24) is 10.2 Å². The van der Waals surface area contributed by atoms with Gasteiger partial charge in [-0.15, -0.1) is 10.2 Å². The van der Waals surface area contributed by atoms with Crippen LogP contribution in [-0.2, 0) is 0 Å². The molecule has 0 saturated carbocycles. The summed E-state index contributed by atoms with van der Waals surface area (Å²) in [4.78, 5) is 13.6. The van der Waals surface area contributed by atoms with Crippen LogP contribution in [0.3, 0.4) is 0 Å². The van der Waals surface area contributed by atoms with Gasteiger partial charge in [-0.05, 0) is 31.2 Å². The summed E-state index contributed by atoms with van der Waals surface area (Å²) in [6.07, 6.45) is 0. The Hall–Kier alpha value is -2.01. The van der Waals surface area contributed by atoms with Gasteiger partial charge in [0.05, 0.1) is 5.69 Å². The highest BCUT2D eigenvalue weighted by Crippen LogP contribution is 2.20. The summed E-state index contributed by atoms with van der Waals surface area (Å²) in [5.41, 5.74) is 0.334. The number of rotatable bonds is 3. The van der Waals surface area contributed by atoms with Crippen molar-refractivity contribution in [2.75, 3.05) is 11.4 Å². The molecule has 0 fully saturated rings. The molecular formula is C13H11ClFN3O. The highest BCUT2D eigenvalue weighted by Gasteiger charge is 2.20. The Bertz CT molecular complexity index is 589. The normalized spacial score (nSPS) is 10.3. The second-order valence-corrected chi connectivity index (χ2v) is 4.13. The summed E-state index contributed by atoms with van der Waals surface area (Å²) < 4.78 is 13.7. The van der Waals surface area contributed by atoms with E-state index >= 15 is 0 Å². The minimum Gasteiger partial charge on any atom is -0.304 e. The van der Waals surface area contributed by atoms with E-state index in [1.165, 1.54) is 23.1 Å². The molecule has 4 nitrogen and oxygen atoms in total. The van der Waals surface area contributed by atoms with Crippen LogP contribution < -0.4 is 4.90 Å². The van der Waals surface area contributed by atoms with Gasteiger partial charge in [0.25, 0.3) is 5.91 Å². The van der Waals surface area contributed by atoms with Crippen LogP contribution in [0.2, 0.25) is 5.15 Å². The lowest BCUT2D eigenvalue weighted by molar-refractivity contribution is 0.0981. The average Bonchev–Trinajstić information content (AvgIpc) is 2.42. The highest BCUT2D eigenvalue weighted by molar-refractivity contribution is 6.29. The summed E-state index contributed by atoms with van der Waals surface area (Å²) in [6.45, 7) is 2.08. The molecule has 0 atom stereocenters. The van der Waals surface area contributed by atoms with Crippen molar-refractivity contribution >= 4 is 23.2 Å². The van der Waals surface area contributed by atoms with Crippen LogP contribution in [0.1, 0.15) is 17.4 Å². The quantitative estimate of drug-likeness (QED) is 0.868. The topological polar surface area (TPSA) is 46.1 Å². The zero-order valence-corrected chi connectivity index (χ0v) is 10.9. The van der Waals surface area contributed by atoms with Crippen molar-refractivity contribution in [3.05, 3.63) is 53.1 Å². The van der Waals surface area contributed by atoms with Gasteiger partial charge in [-0.2, -0.15) is 0 Å². The van der Waals surface area contributed by atoms with Crippen molar-refractivity contribution in [1.29, 1.82) is 0 Å². The molecule has 98 valence electrons. The second kappa shape index (κ2) is 5.75. The zero-order valence-electron chi connectivity index (χ0n) is 10.2. The molecule has 0 bridgehead atoms. The van der Waals surface area contributed by atoms with E-state index in [4.69, 9.17) is 11.6 Å². The summed E-state index contributed by atoms with van der Waals surface area (Å²) in [6, 6.07) is 9.01. The van der Waals surface area contributed by atoms with Gasteiger partial charge in [0.1, 0.15) is 5.82 Å². The van der Waals surface area contributed by atoms with E-state index in [1.54, 1.807) is 25.1 Å². The third-order valence-corrected chi connectivity index (χ3v) is 2.76. The van der Waals surface area contributed by atoms with Crippen LogP contribution in [0.25, 0.3) is 0 Å². The van der Waals surface area contributed by atoms with E-state index in [0.717, 1.165) is 0 Å². The number of hydrogen-bond acceptors (Lipinski definition) is 3. The van der Waals surface area contributed by atoms with E-state index in [2.05, 4.69) is 10.2 Å². The molecule has 19 heavy (non-hydrogen) atoms. The highest BCUT2D eigenvalue weighted by atomic mass is 35.5. The molecule has 0 aliphatic rings. The lowest BCUT2D eigenvalue weighted by Gasteiger charge is -2.20. The number of para-hydroxylation sites is 1. The van der Waals surface area contributed by atoms with Crippen LogP contribution in [0.15, 0.2) is 36.4 Å². The molecule has 0 unspecified atom stereocenters. The Labute approximate surface area is 114 Å². The Morgan fingerprint density at radius 2 is 2.00 bits per heavy atom. The largest absolute Gasteiger partial charge is 0.304 e. The summed E-state index contributed by atoms with van der Waals surface area (Å²) in [5.74, 6) is -0.878. The number of hydrogen-bond donors (Lipinski definition) is 0. The molecule has 0 aliphatic carbocycles. The van der Waals surface area contributed by atoms with Crippen molar-refractivity contribution in [2.24, 2.45) is 0 Å². The molecule has 0 radical (unpaired) electrons. The average molecular weight is 280 g/mol. The van der Waals surface area contributed by atoms with Crippen LogP contribution in [0.4, 0.5) is 10.1 Å². The molecule has 0 saturated heterocycles. The first kappa shape index (κ1) is 13.4. The molecule has 2 aromatic rings. The fraction of sp³-hybridized carbons (Fsp3) is 0.154. The van der Waals surface area contributed by atoms with Gasteiger partial charge in [0, 0.05) is 6.54 Å². The summed E-state index contributed by atoms with van der Waals surface area (Å²) >= 11 is 5.61. The molecule has 1 amide bonds. The number of benzene rings is 1. The van der Waals surface area contributed by atoms with E-state index in [1.807, 2.05) is 0 Å². The van der Waals surface area contributed by atoms with Crippen molar-refractivity contribution in [3.63, 3.8) is 0 Å². The fourth-order valence-corrected chi connectivity index (χ4v) is 1.76. The van der Waals surface area contributed by atoms with Crippen LogP contribution in [0.5, 0.6) is 0 Å². The number of nitrogens with zero attached hydrogens (tertiary/aromatic N) is 3. The predicted molar refractivity (Wildman–Crippen MR) is 70.8 cm³/mol. The molecule has 0 spiro atoms. The van der Waals surface area contributed by atoms with Gasteiger partial charge in [-0.1, -0.05) is 23.7 Å². The zero-order chi connectivity index (χ0) is 13.8.